The van der Waals surface area contributed by atoms with Gasteiger partial charge in [-0.3, -0.25) is 9.10 Å². The molecule has 0 aliphatic carbocycles. The van der Waals surface area contributed by atoms with Crippen molar-refractivity contribution in [3.8, 4) is 16.9 Å². The van der Waals surface area contributed by atoms with E-state index >= 15 is 0 Å². The summed E-state index contributed by atoms with van der Waals surface area (Å²) < 4.78 is 115. The zero-order valence-corrected chi connectivity index (χ0v) is 19.4. The molecule has 1 atom stereocenters. The Labute approximate surface area is 206 Å². The van der Waals surface area contributed by atoms with Crippen molar-refractivity contribution in [3.63, 3.8) is 0 Å². The number of hydrogen-bond acceptors (Lipinski definition) is 4. The topological polar surface area (TPSA) is 83.9 Å². The number of halogens is 6. The van der Waals surface area contributed by atoms with Crippen LogP contribution in [-0.2, 0) is 21.0 Å². The van der Waals surface area contributed by atoms with Crippen molar-refractivity contribution < 1.29 is 49.4 Å². The van der Waals surface area contributed by atoms with E-state index in [-0.39, 0.29) is 29.8 Å². The quantitative estimate of drug-likeness (QED) is 0.322. The van der Waals surface area contributed by atoms with Crippen molar-refractivity contribution in [1.29, 1.82) is 0 Å². The molecule has 196 valence electrons. The maximum Gasteiger partial charge on any atom is 0.416 e. The zero-order valence-electron chi connectivity index (χ0n) is 18.6. The third kappa shape index (κ3) is 5.36. The molecule has 0 bridgehead atoms. The second kappa shape index (κ2) is 9.61. The summed E-state index contributed by atoms with van der Waals surface area (Å²) in [7, 11) is -4.69. The molecule has 0 aromatic heterocycles. The summed E-state index contributed by atoms with van der Waals surface area (Å²) in [5.74, 6) is -5.25. The highest BCUT2D eigenvalue weighted by atomic mass is 32.2. The lowest BCUT2D eigenvalue weighted by atomic mass is 10.0. The molecule has 0 saturated carbocycles. The van der Waals surface area contributed by atoms with Crippen molar-refractivity contribution >= 4 is 21.7 Å². The number of nitrogens with zero attached hydrogens (tertiary/aromatic N) is 1. The molecule has 1 heterocycles. The van der Waals surface area contributed by atoms with Crippen molar-refractivity contribution in [2.75, 3.05) is 10.8 Å². The van der Waals surface area contributed by atoms with Crippen LogP contribution >= 0.6 is 0 Å². The van der Waals surface area contributed by atoms with Crippen LogP contribution in [0.1, 0.15) is 18.4 Å². The molecule has 0 amide bonds. The lowest BCUT2D eigenvalue weighted by Gasteiger charge is -2.36. The van der Waals surface area contributed by atoms with E-state index in [4.69, 9.17) is 9.84 Å². The summed E-state index contributed by atoms with van der Waals surface area (Å²) in [4.78, 5) is 10.3. The van der Waals surface area contributed by atoms with Gasteiger partial charge >= 0.3 is 12.1 Å². The summed E-state index contributed by atoms with van der Waals surface area (Å²) >= 11 is 0. The number of rotatable bonds is 6. The van der Waals surface area contributed by atoms with Gasteiger partial charge in [-0.15, -0.1) is 0 Å². The van der Waals surface area contributed by atoms with Crippen LogP contribution in [0.5, 0.6) is 5.75 Å². The van der Waals surface area contributed by atoms with Crippen molar-refractivity contribution in [1.82, 2.24) is 0 Å². The average Bonchev–Trinajstić information content (AvgIpc) is 2.83. The Bertz CT molecular complexity index is 1470. The number of benzene rings is 3. The minimum Gasteiger partial charge on any atom is -0.486 e. The van der Waals surface area contributed by atoms with Crippen molar-refractivity contribution in [3.05, 3.63) is 77.6 Å². The van der Waals surface area contributed by atoms with Gasteiger partial charge in [-0.1, -0.05) is 12.1 Å². The van der Waals surface area contributed by atoms with Crippen LogP contribution in [0.4, 0.5) is 32.0 Å². The highest BCUT2D eigenvalue weighted by Gasteiger charge is 2.37. The first-order valence-electron chi connectivity index (χ1n) is 10.6. The second-order valence-corrected chi connectivity index (χ2v) is 10.0. The smallest absolute Gasteiger partial charge is 0.416 e. The van der Waals surface area contributed by atoms with E-state index in [1.807, 2.05) is 0 Å². The van der Waals surface area contributed by atoms with Crippen molar-refractivity contribution in [2.45, 2.75) is 30.0 Å². The van der Waals surface area contributed by atoms with E-state index in [1.54, 1.807) is 0 Å². The summed E-state index contributed by atoms with van der Waals surface area (Å²) in [5.41, 5.74) is -2.10. The third-order valence-electron chi connectivity index (χ3n) is 5.62. The molecule has 13 heteroatoms. The Morgan fingerprint density at radius 2 is 1.78 bits per heavy atom. The lowest BCUT2D eigenvalue weighted by Crippen LogP contribution is -2.43. The number of alkyl halides is 3. The zero-order chi connectivity index (χ0) is 27.1. The highest BCUT2D eigenvalue weighted by Crippen LogP contribution is 2.42. The minimum atomic E-state index is -4.83. The van der Waals surface area contributed by atoms with Crippen molar-refractivity contribution in [2.24, 2.45) is 0 Å². The van der Waals surface area contributed by atoms with E-state index in [2.05, 4.69) is 0 Å². The van der Waals surface area contributed by atoms with Crippen LogP contribution in [0.25, 0.3) is 11.1 Å². The van der Waals surface area contributed by atoms with E-state index in [0.717, 1.165) is 18.2 Å². The van der Waals surface area contributed by atoms with Gasteiger partial charge in [0, 0.05) is 18.1 Å². The maximum absolute atomic E-state index is 14.4. The van der Waals surface area contributed by atoms with E-state index < -0.39 is 68.3 Å². The minimum absolute atomic E-state index is 0.0989. The van der Waals surface area contributed by atoms with Gasteiger partial charge in [-0.05, 0) is 48.4 Å². The molecular weight excluding hydrogens is 528 g/mol. The van der Waals surface area contributed by atoms with Gasteiger partial charge in [0.1, 0.15) is 17.7 Å². The molecule has 37 heavy (non-hydrogen) atoms. The fraction of sp³-hybridized carbons (Fsp3) is 0.208. The predicted octanol–water partition coefficient (Wildman–Crippen LogP) is 5.61. The lowest BCUT2D eigenvalue weighted by molar-refractivity contribution is -0.138. The van der Waals surface area contributed by atoms with Crippen LogP contribution in [0.2, 0.25) is 0 Å². The summed E-state index contributed by atoms with van der Waals surface area (Å²) in [6.07, 6.45) is -6.33. The van der Waals surface area contributed by atoms with E-state index in [0.29, 0.717) is 28.6 Å². The Hall–Kier alpha value is -3.74. The average molecular weight is 545 g/mol. The molecule has 1 aliphatic rings. The van der Waals surface area contributed by atoms with Crippen LogP contribution in [-0.4, -0.2) is 32.1 Å². The number of ether oxygens (including phenoxy) is 1. The second-order valence-electron chi connectivity index (χ2n) is 8.17. The molecule has 4 rings (SSSR count). The van der Waals surface area contributed by atoms with Crippen LogP contribution in [0, 0.1) is 17.5 Å². The van der Waals surface area contributed by atoms with Gasteiger partial charge in [0.05, 0.1) is 22.7 Å². The number of carbonyl (C=O) groups is 1. The molecular formula is C24H17F6NO5S. The number of hydrogen-bond donors (Lipinski definition) is 1. The highest BCUT2D eigenvalue weighted by molar-refractivity contribution is 7.92. The molecule has 0 unspecified atom stereocenters. The van der Waals surface area contributed by atoms with E-state index in [9.17, 15) is 39.6 Å². The first kappa shape index (κ1) is 26.3. The number of sulfonamides is 1. The van der Waals surface area contributed by atoms with Gasteiger partial charge in [0.25, 0.3) is 10.0 Å². The van der Waals surface area contributed by atoms with E-state index in [1.165, 1.54) is 12.1 Å². The fourth-order valence-corrected chi connectivity index (χ4v) is 5.41. The largest absolute Gasteiger partial charge is 0.486 e. The first-order chi connectivity index (χ1) is 17.3. The Kier molecular flexibility index (Phi) is 6.84. The van der Waals surface area contributed by atoms with Gasteiger partial charge in [0.15, 0.2) is 11.6 Å². The van der Waals surface area contributed by atoms with Gasteiger partial charge < -0.3 is 9.84 Å². The molecule has 0 fully saturated rings. The number of carboxylic acid groups (broad SMARTS) is 1. The molecule has 1 N–H and O–H groups in total. The fourth-order valence-electron chi connectivity index (χ4n) is 3.87. The molecule has 0 radical (unpaired) electrons. The standard InChI is InChI=1S/C24H17F6NO5S/c25-15-10-18(23(27)19(26)11-15)13-4-6-21-20(8-13)31(12-16(36-21)5-7-22(32)33)37(34,35)17-3-1-2-14(9-17)24(28,29)30/h1-4,6,8-11,16H,5,7,12H2,(H,32,33)/t16-/m0/s1. The first-order valence-corrected chi connectivity index (χ1v) is 12.1. The normalized spacial score (nSPS) is 15.7. The van der Waals surface area contributed by atoms with Gasteiger partial charge in [0.2, 0.25) is 0 Å². The number of aliphatic carboxylic acids is 1. The van der Waals surface area contributed by atoms with Gasteiger partial charge in [-0.25, -0.2) is 21.6 Å². The Morgan fingerprint density at radius 1 is 1.05 bits per heavy atom. The van der Waals surface area contributed by atoms with Crippen LogP contribution < -0.4 is 9.04 Å². The molecule has 3 aromatic carbocycles. The SMILES string of the molecule is O=C(O)CC[C@H]1CN(S(=O)(=O)c2cccc(C(F)(F)F)c2)c2cc(-c3cc(F)cc(F)c3F)ccc2O1. The molecule has 0 saturated heterocycles. The summed E-state index contributed by atoms with van der Waals surface area (Å²) in [6, 6.07) is 7.54. The summed E-state index contributed by atoms with van der Waals surface area (Å²) in [6.45, 7) is -0.484. The van der Waals surface area contributed by atoms with Gasteiger partial charge in [-0.2, -0.15) is 13.2 Å². The maximum atomic E-state index is 14.4. The van der Waals surface area contributed by atoms with Crippen LogP contribution in [0.15, 0.2) is 59.5 Å². The number of fused-ring (bicyclic) bond motifs is 1. The monoisotopic (exact) mass is 545 g/mol. The molecule has 6 nitrogen and oxygen atoms in total. The molecule has 3 aromatic rings. The molecule has 0 spiro atoms. The van der Waals surface area contributed by atoms with Crippen LogP contribution in [0.3, 0.4) is 0 Å². The Balaban J connectivity index is 1.85. The Morgan fingerprint density at radius 3 is 2.46 bits per heavy atom. The number of anilines is 1. The summed E-state index contributed by atoms with van der Waals surface area (Å²) in [5, 5.41) is 8.99. The predicted molar refractivity (Wildman–Crippen MR) is 119 cm³/mol. The molecule has 1 aliphatic heterocycles. The third-order valence-corrected chi connectivity index (χ3v) is 7.40. The number of carboxylic acids is 1.